The van der Waals surface area contributed by atoms with E-state index in [9.17, 15) is 4.79 Å². The van der Waals surface area contributed by atoms with Crippen molar-refractivity contribution in [3.63, 3.8) is 0 Å². The van der Waals surface area contributed by atoms with Crippen molar-refractivity contribution in [1.82, 2.24) is 9.80 Å². The second kappa shape index (κ2) is 5.84. The number of carbonyl (C=O) groups excluding carboxylic acids is 1. The monoisotopic (exact) mass is 248 g/mol. The van der Waals surface area contributed by atoms with Crippen LogP contribution in [0.2, 0.25) is 0 Å². The van der Waals surface area contributed by atoms with Gasteiger partial charge < -0.3 is 16.0 Å². The molecule has 0 unspecified atom stereocenters. The summed E-state index contributed by atoms with van der Waals surface area (Å²) in [7, 11) is 2.14. The highest BCUT2D eigenvalue weighted by Gasteiger charge is 2.15. The molecule has 0 aromatic heterocycles. The molecule has 0 radical (unpaired) electrons. The van der Waals surface area contributed by atoms with E-state index >= 15 is 0 Å². The highest BCUT2D eigenvalue weighted by molar-refractivity contribution is 5.88. The van der Waals surface area contributed by atoms with Crippen LogP contribution in [0.3, 0.4) is 0 Å². The van der Waals surface area contributed by atoms with Crippen molar-refractivity contribution in [3.8, 4) is 0 Å². The SMILES string of the molecule is CN1CCN(Cc2ccccc2NC(N)=O)CC1. The number of amides is 2. The molecule has 5 nitrogen and oxygen atoms in total. The first-order valence-electron chi connectivity index (χ1n) is 6.20. The summed E-state index contributed by atoms with van der Waals surface area (Å²) < 4.78 is 0. The Hall–Kier alpha value is -1.59. The Labute approximate surface area is 108 Å². The van der Waals surface area contributed by atoms with Crippen molar-refractivity contribution in [1.29, 1.82) is 0 Å². The highest BCUT2D eigenvalue weighted by atomic mass is 16.2. The number of benzene rings is 1. The molecule has 1 saturated heterocycles. The molecule has 1 aromatic rings. The highest BCUT2D eigenvalue weighted by Crippen LogP contribution is 2.17. The van der Waals surface area contributed by atoms with Gasteiger partial charge in [-0.05, 0) is 18.7 Å². The zero-order valence-electron chi connectivity index (χ0n) is 10.7. The van der Waals surface area contributed by atoms with E-state index in [4.69, 9.17) is 5.73 Å². The van der Waals surface area contributed by atoms with E-state index < -0.39 is 6.03 Å². The van der Waals surface area contributed by atoms with Crippen molar-refractivity contribution < 1.29 is 4.79 Å². The fourth-order valence-corrected chi connectivity index (χ4v) is 2.16. The van der Waals surface area contributed by atoms with Crippen molar-refractivity contribution in [3.05, 3.63) is 29.8 Å². The van der Waals surface area contributed by atoms with Gasteiger partial charge in [-0.1, -0.05) is 18.2 Å². The van der Waals surface area contributed by atoms with Crippen molar-refractivity contribution in [2.24, 2.45) is 5.73 Å². The molecule has 0 bridgehead atoms. The van der Waals surface area contributed by atoms with Crippen LogP contribution in [-0.4, -0.2) is 49.1 Å². The fraction of sp³-hybridized carbons (Fsp3) is 0.462. The van der Waals surface area contributed by atoms with Crippen molar-refractivity contribution in [2.75, 3.05) is 38.5 Å². The Morgan fingerprint density at radius 2 is 1.94 bits per heavy atom. The van der Waals surface area contributed by atoms with Gasteiger partial charge in [0.25, 0.3) is 0 Å². The van der Waals surface area contributed by atoms with Gasteiger partial charge in [-0.2, -0.15) is 0 Å². The summed E-state index contributed by atoms with van der Waals surface area (Å²) in [6, 6.07) is 7.29. The van der Waals surface area contributed by atoms with Gasteiger partial charge in [0, 0.05) is 38.4 Å². The number of nitrogens with zero attached hydrogens (tertiary/aromatic N) is 2. The summed E-state index contributed by atoms with van der Waals surface area (Å²) in [6.45, 7) is 5.14. The Bertz CT molecular complexity index is 413. The molecule has 1 aliphatic heterocycles. The summed E-state index contributed by atoms with van der Waals surface area (Å²) in [5.41, 5.74) is 7.10. The van der Waals surface area contributed by atoms with Crippen LogP contribution in [0.1, 0.15) is 5.56 Å². The average Bonchev–Trinajstić information content (AvgIpc) is 2.34. The zero-order chi connectivity index (χ0) is 13.0. The average molecular weight is 248 g/mol. The molecule has 0 saturated carbocycles. The maximum atomic E-state index is 10.9. The van der Waals surface area contributed by atoms with Crippen LogP contribution in [0.4, 0.5) is 10.5 Å². The van der Waals surface area contributed by atoms with Gasteiger partial charge in [0.05, 0.1) is 0 Å². The number of nitrogens with two attached hydrogens (primary N) is 1. The van der Waals surface area contributed by atoms with Gasteiger partial charge >= 0.3 is 6.03 Å². The molecule has 0 atom stereocenters. The lowest BCUT2D eigenvalue weighted by atomic mass is 10.1. The quantitative estimate of drug-likeness (QED) is 0.836. The molecule has 0 spiro atoms. The van der Waals surface area contributed by atoms with E-state index in [1.807, 2.05) is 24.3 Å². The lowest BCUT2D eigenvalue weighted by Crippen LogP contribution is -2.44. The summed E-state index contributed by atoms with van der Waals surface area (Å²) in [5, 5.41) is 2.67. The topological polar surface area (TPSA) is 61.6 Å². The van der Waals surface area contributed by atoms with E-state index in [2.05, 4.69) is 22.2 Å². The van der Waals surface area contributed by atoms with Crippen LogP contribution in [0, 0.1) is 0 Å². The second-order valence-electron chi connectivity index (χ2n) is 4.73. The van der Waals surface area contributed by atoms with Crippen LogP contribution in [-0.2, 0) is 6.54 Å². The first kappa shape index (κ1) is 12.9. The molecule has 5 heteroatoms. The number of hydrogen-bond donors (Lipinski definition) is 2. The standard InChI is InChI=1S/C13H20N4O/c1-16-6-8-17(9-7-16)10-11-4-2-3-5-12(11)15-13(14)18/h2-5H,6-10H2,1H3,(H3,14,15,18). The Kier molecular flexibility index (Phi) is 4.17. The van der Waals surface area contributed by atoms with Gasteiger partial charge in [0.2, 0.25) is 0 Å². The minimum atomic E-state index is -0.513. The van der Waals surface area contributed by atoms with E-state index in [1.165, 1.54) is 0 Å². The van der Waals surface area contributed by atoms with Crippen LogP contribution >= 0.6 is 0 Å². The molecule has 98 valence electrons. The fourth-order valence-electron chi connectivity index (χ4n) is 2.16. The predicted molar refractivity (Wildman–Crippen MR) is 72.4 cm³/mol. The second-order valence-corrected chi connectivity index (χ2v) is 4.73. The third-order valence-electron chi connectivity index (χ3n) is 3.27. The Balaban J connectivity index is 2.02. The molecule has 1 fully saturated rings. The van der Waals surface area contributed by atoms with Gasteiger partial charge in [0.1, 0.15) is 0 Å². The minimum absolute atomic E-state index is 0.513. The Morgan fingerprint density at radius 3 is 2.61 bits per heavy atom. The Morgan fingerprint density at radius 1 is 1.28 bits per heavy atom. The van der Waals surface area contributed by atoms with Gasteiger partial charge in [-0.3, -0.25) is 4.90 Å². The molecular formula is C13H20N4O. The van der Waals surface area contributed by atoms with Gasteiger partial charge in [-0.15, -0.1) is 0 Å². The molecule has 2 rings (SSSR count). The number of hydrogen-bond acceptors (Lipinski definition) is 3. The van der Waals surface area contributed by atoms with Crippen LogP contribution in [0.15, 0.2) is 24.3 Å². The number of likely N-dealkylation sites (N-methyl/N-ethyl adjacent to an activating group) is 1. The normalized spacial score (nSPS) is 17.6. The third kappa shape index (κ3) is 3.45. The number of urea groups is 1. The van der Waals surface area contributed by atoms with Crippen molar-refractivity contribution in [2.45, 2.75) is 6.54 Å². The lowest BCUT2D eigenvalue weighted by molar-refractivity contribution is 0.148. The third-order valence-corrected chi connectivity index (χ3v) is 3.27. The van der Waals surface area contributed by atoms with Crippen LogP contribution in [0.25, 0.3) is 0 Å². The minimum Gasteiger partial charge on any atom is -0.351 e. The number of rotatable bonds is 3. The number of carbonyl (C=O) groups is 1. The van der Waals surface area contributed by atoms with Gasteiger partial charge in [-0.25, -0.2) is 4.79 Å². The number of anilines is 1. The summed E-state index contributed by atoms with van der Waals surface area (Å²) >= 11 is 0. The van der Waals surface area contributed by atoms with E-state index in [-0.39, 0.29) is 0 Å². The maximum Gasteiger partial charge on any atom is 0.316 e. The largest absolute Gasteiger partial charge is 0.351 e. The van der Waals surface area contributed by atoms with E-state index in [0.29, 0.717) is 0 Å². The van der Waals surface area contributed by atoms with Crippen molar-refractivity contribution >= 4 is 11.7 Å². The summed E-state index contributed by atoms with van der Waals surface area (Å²) in [4.78, 5) is 15.7. The number of piperazine rings is 1. The molecule has 1 aliphatic rings. The molecule has 1 aromatic carbocycles. The molecule has 2 amide bonds. The first-order chi connectivity index (χ1) is 8.65. The smallest absolute Gasteiger partial charge is 0.316 e. The predicted octanol–water partition coefficient (Wildman–Crippen LogP) is 0.925. The number of nitrogens with one attached hydrogen (secondary N) is 1. The molecule has 1 heterocycles. The maximum absolute atomic E-state index is 10.9. The first-order valence-corrected chi connectivity index (χ1v) is 6.20. The summed E-state index contributed by atoms with van der Waals surface area (Å²) in [6.07, 6.45) is 0. The van der Waals surface area contributed by atoms with E-state index in [0.717, 1.165) is 44.0 Å². The molecule has 0 aliphatic carbocycles. The zero-order valence-corrected chi connectivity index (χ0v) is 10.7. The van der Waals surface area contributed by atoms with Gasteiger partial charge in [0.15, 0.2) is 0 Å². The molecular weight excluding hydrogens is 228 g/mol. The van der Waals surface area contributed by atoms with Crippen LogP contribution in [0.5, 0.6) is 0 Å². The molecule has 18 heavy (non-hydrogen) atoms. The number of para-hydroxylation sites is 1. The molecule has 3 N–H and O–H groups in total. The lowest BCUT2D eigenvalue weighted by Gasteiger charge is -2.32. The van der Waals surface area contributed by atoms with Crippen LogP contribution < -0.4 is 11.1 Å². The number of primary amides is 1. The summed E-state index contributed by atoms with van der Waals surface area (Å²) in [5.74, 6) is 0. The van der Waals surface area contributed by atoms with E-state index in [1.54, 1.807) is 0 Å².